The van der Waals surface area contributed by atoms with E-state index in [2.05, 4.69) is 15.3 Å². The molecule has 1 aromatic heterocycles. The van der Waals surface area contributed by atoms with E-state index in [1.807, 2.05) is 72.9 Å². The van der Waals surface area contributed by atoms with Gasteiger partial charge in [0.1, 0.15) is 24.7 Å². The molecule has 6 nitrogen and oxygen atoms in total. The van der Waals surface area contributed by atoms with Gasteiger partial charge in [0.25, 0.3) is 0 Å². The topological polar surface area (TPSA) is 73.3 Å². The summed E-state index contributed by atoms with van der Waals surface area (Å²) in [5.74, 6) is 2.17. The highest BCUT2D eigenvalue weighted by Gasteiger charge is 2.15. The third-order valence-electron chi connectivity index (χ3n) is 5.21. The van der Waals surface area contributed by atoms with Crippen LogP contribution in [0.15, 0.2) is 72.9 Å². The molecule has 1 N–H and O–H groups in total. The fourth-order valence-corrected chi connectivity index (χ4v) is 3.52. The van der Waals surface area contributed by atoms with E-state index < -0.39 is 0 Å². The molecule has 1 amide bonds. The van der Waals surface area contributed by atoms with Crippen molar-refractivity contribution in [2.45, 2.75) is 26.1 Å². The van der Waals surface area contributed by atoms with Gasteiger partial charge in [-0.1, -0.05) is 36.4 Å². The van der Waals surface area contributed by atoms with Crippen LogP contribution in [-0.4, -0.2) is 15.9 Å². The van der Waals surface area contributed by atoms with E-state index in [0.717, 1.165) is 45.6 Å². The van der Waals surface area contributed by atoms with E-state index in [0.29, 0.717) is 25.5 Å². The number of amides is 1. The summed E-state index contributed by atoms with van der Waals surface area (Å²) < 4.78 is 11.7. The van der Waals surface area contributed by atoms with Gasteiger partial charge in [0.05, 0.1) is 5.52 Å². The van der Waals surface area contributed by atoms with Crippen LogP contribution in [0.1, 0.15) is 23.4 Å². The molecule has 3 aromatic carbocycles. The number of fused-ring (bicyclic) bond motifs is 2. The molecule has 0 bridgehead atoms. The fourth-order valence-electron chi connectivity index (χ4n) is 3.52. The number of carbonyl (C=O) groups excluding carboxylic acids is 1. The monoisotopic (exact) mass is 411 g/mol. The van der Waals surface area contributed by atoms with E-state index in [-0.39, 0.29) is 5.91 Å². The molecule has 0 spiro atoms. The van der Waals surface area contributed by atoms with E-state index in [1.54, 1.807) is 0 Å². The van der Waals surface area contributed by atoms with Crippen LogP contribution in [0.3, 0.4) is 0 Å². The van der Waals surface area contributed by atoms with E-state index in [1.165, 1.54) is 0 Å². The second-order valence-corrected chi connectivity index (χ2v) is 7.43. The van der Waals surface area contributed by atoms with Crippen molar-refractivity contribution in [1.29, 1.82) is 0 Å². The zero-order chi connectivity index (χ0) is 21.0. The van der Waals surface area contributed by atoms with Crippen LogP contribution in [0.2, 0.25) is 0 Å². The molecule has 4 aromatic rings. The molecule has 0 unspecified atom stereocenters. The van der Waals surface area contributed by atoms with Gasteiger partial charge in [0, 0.05) is 29.8 Å². The van der Waals surface area contributed by atoms with Gasteiger partial charge in [-0.3, -0.25) is 4.79 Å². The Morgan fingerprint density at radius 3 is 2.58 bits per heavy atom. The zero-order valence-electron chi connectivity index (χ0n) is 16.9. The first-order chi connectivity index (χ1) is 15.2. The maximum Gasteiger partial charge on any atom is 0.224 e. The summed E-state index contributed by atoms with van der Waals surface area (Å²) in [4.78, 5) is 20.5. The summed E-state index contributed by atoms with van der Waals surface area (Å²) in [6, 6.07) is 21.5. The molecule has 154 valence electrons. The molecule has 0 fully saturated rings. The summed E-state index contributed by atoms with van der Waals surface area (Å²) in [6.07, 6.45) is 3.12. The second kappa shape index (κ2) is 8.44. The van der Waals surface area contributed by atoms with Crippen LogP contribution in [0, 0.1) is 0 Å². The fraction of sp³-hybridized carbons (Fsp3) is 0.160. The summed E-state index contributed by atoms with van der Waals surface area (Å²) in [5.41, 5.74) is 3.92. The maximum absolute atomic E-state index is 11.6. The smallest absolute Gasteiger partial charge is 0.224 e. The van der Waals surface area contributed by atoms with Gasteiger partial charge in [0.2, 0.25) is 5.91 Å². The van der Waals surface area contributed by atoms with Gasteiger partial charge in [-0.15, -0.1) is 0 Å². The Labute approximate surface area is 179 Å². The lowest BCUT2D eigenvalue weighted by atomic mass is 10.0. The Bertz CT molecular complexity index is 1240. The van der Waals surface area contributed by atoms with Gasteiger partial charge in [-0.2, -0.15) is 0 Å². The highest BCUT2D eigenvalue weighted by Crippen LogP contribution is 2.27. The molecular weight excluding hydrogens is 390 g/mol. The molecule has 0 aliphatic carbocycles. The molecule has 0 saturated carbocycles. The lowest BCUT2D eigenvalue weighted by Crippen LogP contribution is -2.18. The number of hydrogen-bond acceptors (Lipinski definition) is 5. The van der Waals surface area contributed by atoms with Crippen molar-refractivity contribution in [3.05, 3.63) is 89.9 Å². The van der Waals surface area contributed by atoms with Crippen LogP contribution in [0.25, 0.3) is 10.9 Å². The van der Waals surface area contributed by atoms with Crippen LogP contribution in [0.4, 0.5) is 5.69 Å². The average Bonchev–Trinajstić information content (AvgIpc) is 2.81. The molecule has 0 atom stereocenters. The van der Waals surface area contributed by atoms with E-state index in [4.69, 9.17) is 9.47 Å². The highest BCUT2D eigenvalue weighted by atomic mass is 16.5. The number of nitrogens with zero attached hydrogens (tertiary/aromatic N) is 2. The first kappa shape index (κ1) is 19.1. The van der Waals surface area contributed by atoms with Crippen molar-refractivity contribution in [3.8, 4) is 11.5 Å². The van der Waals surface area contributed by atoms with Crippen LogP contribution in [0.5, 0.6) is 11.5 Å². The lowest BCUT2D eigenvalue weighted by molar-refractivity contribution is -0.116. The number of ether oxygens (including phenoxy) is 2. The summed E-state index contributed by atoms with van der Waals surface area (Å²) >= 11 is 0. The number of carbonyl (C=O) groups is 1. The number of para-hydroxylation sites is 1. The summed E-state index contributed by atoms with van der Waals surface area (Å²) in [6.45, 7) is 0.738. The first-order valence-electron chi connectivity index (χ1n) is 10.2. The molecule has 6 heteroatoms. The minimum Gasteiger partial charge on any atom is -0.489 e. The number of hydrogen-bond donors (Lipinski definition) is 1. The Morgan fingerprint density at radius 2 is 1.68 bits per heavy atom. The first-order valence-corrected chi connectivity index (χ1v) is 10.2. The minimum absolute atomic E-state index is 0.0503. The van der Waals surface area contributed by atoms with Gasteiger partial charge >= 0.3 is 0 Å². The second-order valence-electron chi connectivity index (χ2n) is 7.43. The molecule has 0 saturated heterocycles. The van der Waals surface area contributed by atoms with Gasteiger partial charge in [-0.25, -0.2) is 9.97 Å². The Hall–Kier alpha value is -3.93. The molecule has 5 rings (SSSR count). The Kier molecular flexibility index (Phi) is 5.19. The molecule has 1 aliphatic rings. The number of aryl methyl sites for hydroxylation is 1. The van der Waals surface area contributed by atoms with Crippen molar-refractivity contribution in [2.75, 3.05) is 5.32 Å². The Morgan fingerprint density at radius 1 is 0.871 bits per heavy atom. The minimum atomic E-state index is 0.0503. The largest absolute Gasteiger partial charge is 0.489 e. The van der Waals surface area contributed by atoms with Crippen LogP contribution in [-0.2, 0) is 24.4 Å². The molecular formula is C25H21N3O3. The summed E-state index contributed by atoms with van der Waals surface area (Å²) in [5, 5.41) is 3.91. The molecule has 2 heterocycles. The third kappa shape index (κ3) is 4.48. The van der Waals surface area contributed by atoms with E-state index >= 15 is 0 Å². The summed E-state index contributed by atoms with van der Waals surface area (Å²) in [7, 11) is 0. The van der Waals surface area contributed by atoms with Crippen molar-refractivity contribution >= 4 is 22.5 Å². The molecule has 1 aliphatic heterocycles. The number of nitrogens with one attached hydrogen (secondary N) is 1. The van der Waals surface area contributed by atoms with Gasteiger partial charge < -0.3 is 14.8 Å². The molecule has 0 radical (unpaired) electrons. The van der Waals surface area contributed by atoms with Gasteiger partial charge in [0.15, 0.2) is 5.82 Å². The number of benzene rings is 3. The van der Waals surface area contributed by atoms with Crippen molar-refractivity contribution in [1.82, 2.24) is 9.97 Å². The quantitative estimate of drug-likeness (QED) is 0.499. The van der Waals surface area contributed by atoms with Crippen molar-refractivity contribution in [3.63, 3.8) is 0 Å². The SMILES string of the molecule is O=C1CCc2ccc(OCc3ccc(OCc4ncc5ccccc5n4)cc3)cc2N1. The van der Waals surface area contributed by atoms with Crippen molar-refractivity contribution < 1.29 is 14.3 Å². The lowest BCUT2D eigenvalue weighted by Gasteiger charge is -2.17. The number of rotatable bonds is 6. The standard InChI is InChI=1S/C25H21N3O3/c29-25-12-8-18-7-11-21(13-23(18)28-25)30-15-17-5-9-20(10-6-17)31-16-24-26-14-19-3-1-2-4-22(19)27-24/h1-7,9-11,13-14H,8,12,15-16H2,(H,28,29). The average molecular weight is 411 g/mol. The maximum atomic E-state index is 11.6. The third-order valence-corrected chi connectivity index (χ3v) is 5.21. The number of anilines is 1. The van der Waals surface area contributed by atoms with Crippen LogP contribution < -0.4 is 14.8 Å². The number of aromatic nitrogens is 2. The Balaban J connectivity index is 1.17. The molecule has 31 heavy (non-hydrogen) atoms. The predicted molar refractivity (Wildman–Crippen MR) is 118 cm³/mol. The van der Waals surface area contributed by atoms with Crippen molar-refractivity contribution in [2.24, 2.45) is 0 Å². The van der Waals surface area contributed by atoms with Crippen LogP contribution >= 0.6 is 0 Å². The van der Waals surface area contributed by atoms with E-state index in [9.17, 15) is 4.79 Å². The zero-order valence-corrected chi connectivity index (χ0v) is 16.9. The normalized spacial score (nSPS) is 12.8. The predicted octanol–water partition coefficient (Wildman–Crippen LogP) is 4.67. The highest BCUT2D eigenvalue weighted by molar-refractivity contribution is 5.94. The van der Waals surface area contributed by atoms with Gasteiger partial charge in [-0.05, 0) is 41.8 Å².